The van der Waals surface area contributed by atoms with Crippen LogP contribution in [0.2, 0.25) is 5.02 Å². The second-order valence-electron chi connectivity index (χ2n) is 5.07. The molecule has 0 saturated carbocycles. The van der Waals surface area contributed by atoms with E-state index in [2.05, 4.69) is 15.3 Å². The minimum absolute atomic E-state index is 0.0171. The van der Waals surface area contributed by atoms with E-state index in [4.69, 9.17) is 11.6 Å². The Morgan fingerprint density at radius 3 is 2.79 bits per heavy atom. The van der Waals surface area contributed by atoms with Gasteiger partial charge in [0, 0.05) is 18.0 Å². The molecule has 3 rings (SSSR count). The second-order valence-corrected chi connectivity index (χ2v) is 5.48. The lowest BCUT2D eigenvalue weighted by atomic mass is 10.1. The summed E-state index contributed by atoms with van der Waals surface area (Å²) in [5.74, 6) is 0.172. The molecule has 0 saturated heterocycles. The summed E-state index contributed by atoms with van der Waals surface area (Å²) in [7, 11) is 0. The smallest absolute Gasteiger partial charge is 0.288 e. The predicted octanol–water partition coefficient (Wildman–Crippen LogP) is 3.99. The fourth-order valence-electron chi connectivity index (χ4n) is 2.36. The van der Waals surface area contributed by atoms with Crippen molar-refractivity contribution in [3.05, 3.63) is 69.2 Å². The van der Waals surface area contributed by atoms with Gasteiger partial charge in [0.05, 0.1) is 10.4 Å². The van der Waals surface area contributed by atoms with Crippen LogP contribution in [0.5, 0.6) is 0 Å². The number of halogens is 2. The topological polar surface area (TPSA) is 81.0 Å². The van der Waals surface area contributed by atoms with E-state index in [0.717, 1.165) is 0 Å². The summed E-state index contributed by atoms with van der Waals surface area (Å²) in [4.78, 5) is 18.6. The third kappa shape index (κ3) is 3.26. The number of hydrogen-bond acceptors (Lipinski definition) is 5. The molecule has 1 heterocycles. The maximum Gasteiger partial charge on any atom is 0.288 e. The third-order valence-electron chi connectivity index (χ3n) is 3.55. The zero-order valence-corrected chi connectivity index (χ0v) is 13.1. The summed E-state index contributed by atoms with van der Waals surface area (Å²) in [5, 5.41) is 14.6. The first kappa shape index (κ1) is 16.1. The Bertz CT molecular complexity index is 920. The Labute approximate surface area is 141 Å². The van der Waals surface area contributed by atoms with E-state index in [1.54, 1.807) is 18.2 Å². The van der Waals surface area contributed by atoms with Crippen LogP contribution in [0.4, 0.5) is 15.9 Å². The summed E-state index contributed by atoms with van der Waals surface area (Å²) >= 11 is 5.89. The van der Waals surface area contributed by atoms with E-state index >= 15 is 0 Å². The fourth-order valence-corrected chi connectivity index (χ4v) is 2.59. The van der Waals surface area contributed by atoms with Crippen molar-refractivity contribution in [1.29, 1.82) is 0 Å². The van der Waals surface area contributed by atoms with Gasteiger partial charge >= 0.3 is 0 Å². The molecule has 8 heteroatoms. The number of benzene rings is 2. The SMILES string of the molecule is O=[N+]([O-])c1cc2c(NCCc3ccccc3F)ncnc2cc1Cl. The maximum absolute atomic E-state index is 13.6. The molecule has 2 aromatic carbocycles. The highest BCUT2D eigenvalue weighted by Crippen LogP contribution is 2.31. The highest BCUT2D eigenvalue weighted by molar-refractivity contribution is 6.33. The first-order valence-corrected chi connectivity index (χ1v) is 7.50. The molecular formula is C16H12ClFN4O2. The lowest BCUT2D eigenvalue weighted by molar-refractivity contribution is -0.384. The zero-order chi connectivity index (χ0) is 17.1. The van der Waals surface area contributed by atoms with Gasteiger partial charge in [-0.15, -0.1) is 0 Å². The van der Waals surface area contributed by atoms with Gasteiger partial charge < -0.3 is 5.32 Å². The molecular weight excluding hydrogens is 335 g/mol. The lowest BCUT2D eigenvalue weighted by Gasteiger charge is -2.09. The number of nitro benzene ring substituents is 1. The van der Waals surface area contributed by atoms with Crippen LogP contribution in [0.25, 0.3) is 10.9 Å². The Balaban J connectivity index is 1.85. The first-order valence-electron chi connectivity index (χ1n) is 7.12. The van der Waals surface area contributed by atoms with Crippen molar-refractivity contribution in [3.8, 4) is 0 Å². The highest BCUT2D eigenvalue weighted by atomic mass is 35.5. The van der Waals surface area contributed by atoms with E-state index in [1.165, 1.54) is 24.5 Å². The molecule has 0 atom stereocenters. The van der Waals surface area contributed by atoms with Crippen LogP contribution in [0, 0.1) is 15.9 Å². The van der Waals surface area contributed by atoms with E-state index in [0.29, 0.717) is 35.2 Å². The second kappa shape index (κ2) is 6.76. The van der Waals surface area contributed by atoms with Gasteiger partial charge in [-0.3, -0.25) is 10.1 Å². The van der Waals surface area contributed by atoms with Crippen LogP contribution in [-0.2, 0) is 6.42 Å². The van der Waals surface area contributed by atoms with E-state index in [9.17, 15) is 14.5 Å². The van der Waals surface area contributed by atoms with Crippen LogP contribution in [0.3, 0.4) is 0 Å². The molecule has 122 valence electrons. The Hall–Kier alpha value is -2.80. The Morgan fingerprint density at radius 1 is 1.25 bits per heavy atom. The van der Waals surface area contributed by atoms with Crippen LogP contribution >= 0.6 is 11.6 Å². The molecule has 0 aliphatic heterocycles. The van der Waals surface area contributed by atoms with Crippen LogP contribution < -0.4 is 5.32 Å². The van der Waals surface area contributed by atoms with Crippen molar-refractivity contribution in [1.82, 2.24) is 9.97 Å². The molecule has 0 spiro atoms. The van der Waals surface area contributed by atoms with Crippen molar-refractivity contribution in [3.63, 3.8) is 0 Å². The average Bonchev–Trinajstić information content (AvgIpc) is 2.56. The van der Waals surface area contributed by atoms with Gasteiger partial charge in [0.25, 0.3) is 5.69 Å². The van der Waals surface area contributed by atoms with Crippen LogP contribution in [0.1, 0.15) is 5.56 Å². The van der Waals surface area contributed by atoms with Crippen molar-refractivity contribution in [2.45, 2.75) is 6.42 Å². The van der Waals surface area contributed by atoms with E-state index < -0.39 is 4.92 Å². The number of nitrogens with one attached hydrogen (secondary N) is 1. The van der Waals surface area contributed by atoms with Gasteiger partial charge in [0.15, 0.2) is 0 Å². The number of aromatic nitrogens is 2. The van der Waals surface area contributed by atoms with Gasteiger partial charge in [-0.2, -0.15) is 0 Å². The molecule has 24 heavy (non-hydrogen) atoms. The molecule has 0 bridgehead atoms. The van der Waals surface area contributed by atoms with Gasteiger partial charge in [-0.25, -0.2) is 14.4 Å². The van der Waals surface area contributed by atoms with Gasteiger partial charge in [0.1, 0.15) is 23.0 Å². The largest absolute Gasteiger partial charge is 0.369 e. The minimum Gasteiger partial charge on any atom is -0.369 e. The number of rotatable bonds is 5. The summed E-state index contributed by atoms with van der Waals surface area (Å²) in [6.45, 7) is 0.420. The summed E-state index contributed by atoms with van der Waals surface area (Å²) in [5.41, 5.74) is 0.863. The average molecular weight is 347 g/mol. The quantitative estimate of drug-likeness (QED) is 0.558. The molecule has 0 radical (unpaired) electrons. The predicted molar refractivity (Wildman–Crippen MR) is 89.8 cm³/mol. The zero-order valence-electron chi connectivity index (χ0n) is 12.4. The van der Waals surface area contributed by atoms with Crippen molar-refractivity contribution in [2.75, 3.05) is 11.9 Å². The number of fused-ring (bicyclic) bond motifs is 1. The normalized spacial score (nSPS) is 10.8. The summed E-state index contributed by atoms with van der Waals surface area (Å²) in [6, 6.07) is 9.28. The maximum atomic E-state index is 13.6. The lowest BCUT2D eigenvalue weighted by Crippen LogP contribution is -2.08. The van der Waals surface area contributed by atoms with Crippen molar-refractivity contribution in [2.24, 2.45) is 0 Å². The Kier molecular flexibility index (Phi) is 4.52. The molecule has 0 amide bonds. The molecule has 3 aromatic rings. The number of nitro groups is 1. The molecule has 0 aliphatic carbocycles. The fraction of sp³-hybridized carbons (Fsp3) is 0.125. The molecule has 1 aromatic heterocycles. The molecule has 0 fully saturated rings. The molecule has 1 N–H and O–H groups in total. The molecule has 0 unspecified atom stereocenters. The number of nitrogens with zero attached hydrogens (tertiary/aromatic N) is 3. The van der Waals surface area contributed by atoms with Crippen molar-refractivity contribution >= 4 is 34.0 Å². The van der Waals surface area contributed by atoms with Crippen LogP contribution in [-0.4, -0.2) is 21.4 Å². The van der Waals surface area contributed by atoms with Gasteiger partial charge in [-0.05, 0) is 24.1 Å². The first-order chi connectivity index (χ1) is 11.6. The number of anilines is 1. The molecule has 6 nitrogen and oxygen atoms in total. The monoisotopic (exact) mass is 346 g/mol. The standard InChI is InChI=1S/C16H12ClFN4O2/c17-12-8-14-11(7-15(12)22(23)24)16(21-9-20-14)19-6-5-10-3-1-2-4-13(10)18/h1-4,7-9H,5-6H2,(H,19,20,21). The Morgan fingerprint density at radius 2 is 2.04 bits per heavy atom. The molecule has 0 aliphatic rings. The van der Waals surface area contributed by atoms with Crippen LogP contribution in [0.15, 0.2) is 42.7 Å². The van der Waals surface area contributed by atoms with E-state index in [-0.39, 0.29) is 16.5 Å². The van der Waals surface area contributed by atoms with Gasteiger partial charge in [0.2, 0.25) is 0 Å². The van der Waals surface area contributed by atoms with Gasteiger partial charge in [-0.1, -0.05) is 29.8 Å². The minimum atomic E-state index is -0.558. The summed E-state index contributed by atoms with van der Waals surface area (Å²) < 4.78 is 13.6. The highest BCUT2D eigenvalue weighted by Gasteiger charge is 2.16. The third-order valence-corrected chi connectivity index (χ3v) is 3.85. The summed E-state index contributed by atoms with van der Waals surface area (Å²) in [6.07, 6.45) is 1.80. The number of hydrogen-bond donors (Lipinski definition) is 1. The van der Waals surface area contributed by atoms with Crippen molar-refractivity contribution < 1.29 is 9.31 Å². The van der Waals surface area contributed by atoms with E-state index in [1.807, 2.05) is 0 Å².